The van der Waals surface area contributed by atoms with Crippen LogP contribution in [0.1, 0.15) is 27.0 Å². The predicted octanol–water partition coefficient (Wildman–Crippen LogP) is 4.17. The predicted molar refractivity (Wildman–Crippen MR) is 115 cm³/mol. The lowest BCUT2D eigenvalue weighted by Gasteiger charge is -2.05. The first-order valence-electron chi connectivity index (χ1n) is 9.81. The standard InChI is InChI=1S/C23H17F3N6O/c24-23(25,26)20-12-8-16(9-13-20)14-27-29-22(33)19-10-6-17(7-11-19)15-32-30-21(28-31-32)18-4-2-1-3-5-18/h1-14H,15H2,(H,29,33)/b27-14+. The summed E-state index contributed by atoms with van der Waals surface area (Å²) < 4.78 is 37.8. The zero-order chi connectivity index (χ0) is 23.3. The first kappa shape index (κ1) is 21.9. The largest absolute Gasteiger partial charge is 0.416 e. The second-order valence-corrected chi connectivity index (χ2v) is 7.03. The second kappa shape index (κ2) is 9.43. The lowest BCUT2D eigenvalue weighted by molar-refractivity contribution is -0.137. The number of halogens is 3. The van der Waals surface area contributed by atoms with Gasteiger partial charge in [0.15, 0.2) is 0 Å². The van der Waals surface area contributed by atoms with Gasteiger partial charge in [0.05, 0.1) is 18.3 Å². The van der Waals surface area contributed by atoms with Crippen LogP contribution in [0.4, 0.5) is 13.2 Å². The molecular formula is C23H17F3N6O. The quantitative estimate of drug-likeness (QED) is 0.353. The van der Waals surface area contributed by atoms with Crippen LogP contribution in [0.5, 0.6) is 0 Å². The molecule has 0 aliphatic carbocycles. The van der Waals surface area contributed by atoms with E-state index in [1.54, 1.807) is 24.3 Å². The number of tetrazole rings is 1. The molecule has 0 radical (unpaired) electrons. The molecule has 0 bridgehead atoms. The molecule has 1 amide bonds. The fourth-order valence-electron chi connectivity index (χ4n) is 2.93. The van der Waals surface area contributed by atoms with Gasteiger partial charge in [-0.2, -0.15) is 23.1 Å². The van der Waals surface area contributed by atoms with E-state index in [1.807, 2.05) is 30.3 Å². The summed E-state index contributed by atoms with van der Waals surface area (Å²) in [5.74, 6) is 0.0764. The highest BCUT2D eigenvalue weighted by molar-refractivity contribution is 5.94. The Morgan fingerprint density at radius 3 is 2.33 bits per heavy atom. The van der Waals surface area contributed by atoms with Crippen LogP contribution in [0.25, 0.3) is 11.4 Å². The van der Waals surface area contributed by atoms with Gasteiger partial charge in [-0.05, 0) is 40.6 Å². The van der Waals surface area contributed by atoms with Gasteiger partial charge in [0.1, 0.15) is 0 Å². The Labute approximate surface area is 186 Å². The third-order valence-electron chi connectivity index (χ3n) is 4.64. The molecule has 4 aromatic rings. The summed E-state index contributed by atoms with van der Waals surface area (Å²) in [5, 5.41) is 16.2. The van der Waals surface area contributed by atoms with Crippen LogP contribution in [0.2, 0.25) is 0 Å². The third-order valence-corrected chi connectivity index (χ3v) is 4.64. The number of hydrogen-bond donors (Lipinski definition) is 1. The van der Waals surface area contributed by atoms with Crippen molar-refractivity contribution >= 4 is 12.1 Å². The van der Waals surface area contributed by atoms with E-state index in [0.29, 0.717) is 23.5 Å². The molecule has 1 heterocycles. The van der Waals surface area contributed by atoms with Crippen molar-refractivity contribution in [2.75, 3.05) is 0 Å². The number of benzene rings is 3. The first-order valence-corrected chi connectivity index (χ1v) is 9.81. The molecule has 10 heteroatoms. The van der Waals surface area contributed by atoms with Gasteiger partial charge >= 0.3 is 6.18 Å². The monoisotopic (exact) mass is 450 g/mol. The number of alkyl halides is 3. The topological polar surface area (TPSA) is 85.1 Å². The third kappa shape index (κ3) is 5.67. The van der Waals surface area contributed by atoms with E-state index in [9.17, 15) is 18.0 Å². The average molecular weight is 450 g/mol. The molecule has 0 aliphatic heterocycles. The maximum absolute atomic E-state index is 12.6. The average Bonchev–Trinajstić information content (AvgIpc) is 3.28. The second-order valence-electron chi connectivity index (χ2n) is 7.03. The molecule has 1 aromatic heterocycles. The van der Waals surface area contributed by atoms with Crippen LogP contribution < -0.4 is 5.43 Å². The van der Waals surface area contributed by atoms with Gasteiger partial charge in [0.2, 0.25) is 5.82 Å². The smallest absolute Gasteiger partial charge is 0.267 e. The number of nitrogens with one attached hydrogen (secondary N) is 1. The molecule has 0 saturated carbocycles. The maximum Gasteiger partial charge on any atom is 0.416 e. The first-order chi connectivity index (χ1) is 15.9. The highest BCUT2D eigenvalue weighted by atomic mass is 19.4. The van der Waals surface area contributed by atoms with Crippen LogP contribution in [-0.2, 0) is 12.7 Å². The Hall–Kier alpha value is -4.34. The van der Waals surface area contributed by atoms with Crippen LogP contribution in [0.15, 0.2) is 84.0 Å². The summed E-state index contributed by atoms with van der Waals surface area (Å²) in [6.07, 6.45) is -3.13. The molecule has 0 aliphatic rings. The molecular weight excluding hydrogens is 433 g/mol. The lowest BCUT2D eigenvalue weighted by Crippen LogP contribution is -2.17. The Balaban J connectivity index is 1.33. The highest BCUT2D eigenvalue weighted by Crippen LogP contribution is 2.28. The van der Waals surface area contributed by atoms with Crippen molar-refractivity contribution < 1.29 is 18.0 Å². The molecule has 0 spiro atoms. The van der Waals surface area contributed by atoms with E-state index in [-0.39, 0.29) is 0 Å². The van der Waals surface area contributed by atoms with Crippen LogP contribution in [0, 0.1) is 0 Å². The van der Waals surface area contributed by atoms with E-state index in [1.165, 1.54) is 23.1 Å². The summed E-state index contributed by atoms with van der Waals surface area (Å²) in [6.45, 7) is 0.383. The normalized spacial score (nSPS) is 11.6. The fraction of sp³-hybridized carbons (Fsp3) is 0.0870. The highest BCUT2D eigenvalue weighted by Gasteiger charge is 2.29. The Morgan fingerprint density at radius 1 is 0.970 bits per heavy atom. The minimum atomic E-state index is -4.40. The van der Waals surface area contributed by atoms with E-state index in [0.717, 1.165) is 23.3 Å². The van der Waals surface area contributed by atoms with Gasteiger partial charge in [-0.15, -0.1) is 10.2 Å². The summed E-state index contributed by atoms with van der Waals surface area (Å²) in [7, 11) is 0. The summed E-state index contributed by atoms with van der Waals surface area (Å²) in [4.78, 5) is 13.7. The molecule has 0 unspecified atom stereocenters. The van der Waals surface area contributed by atoms with Crippen molar-refractivity contribution in [3.63, 3.8) is 0 Å². The van der Waals surface area contributed by atoms with Crippen molar-refractivity contribution in [2.24, 2.45) is 5.10 Å². The fourth-order valence-corrected chi connectivity index (χ4v) is 2.93. The summed E-state index contributed by atoms with van der Waals surface area (Å²) in [5.41, 5.74) is 4.14. The van der Waals surface area contributed by atoms with Gasteiger partial charge in [-0.3, -0.25) is 4.79 Å². The van der Waals surface area contributed by atoms with Gasteiger partial charge in [-0.25, -0.2) is 5.43 Å². The zero-order valence-corrected chi connectivity index (χ0v) is 17.1. The molecule has 7 nitrogen and oxygen atoms in total. The van der Waals surface area contributed by atoms with Gasteiger partial charge in [0.25, 0.3) is 5.91 Å². The van der Waals surface area contributed by atoms with Gasteiger partial charge < -0.3 is 0 Å². The van der Waals surface area contributed by atoms with E-state index in [2.05, 4.69) is 25.9 Å². The van der Waals surface area contributed by atoms with Gasteiger partial charge in [-0.1, -0.05) is 54.6 Å². The van der Waals surface area contributed by atoms with Crippen molar-refractivity contribution in [3.05, 3.63) is 101 Å². The molecule has 4 rings (SSSR count). The van der Waals surface area contributed by atoms with E-state index < -0.39 is 17.6 Å². The molecule has 166 valence electrons. The van der Waals surface area contributed by atoms with Crippen LogP contribution >= 0.6 is 0 Å². The van der Waals surface area contributed by atoms with Gasteiger partial charge in [0, 0.05) is 11.1 Å². The summed E-state index contributed by atoms with van der Waals surface area (Å²) in [6, 6.07) is 20.7. The Morgan fingerprint density at radius 2 is 1.67 bits per heavy atom. The molecule has 0 atom stereocenters. The number of hydrazone groups is 1. The number of carbonyl (C=O) groups excluding carboxylic acids is 1. The van der Waals surface area contributed by atoms with Crippen LogP contribution in [0.3, 0.4) is 0 Å². The minimum absolute atomic E-state index is 0.375. The number of rotatable bonds is 6. The molecule has 3 aromatic carbocycles. The van der Waals surface area contributed by atoms with Crippen molar-refractivity contribution in [1.29, 1.82) is 0 Å². The summed E-state index contributed by atoms with van der Waals surface area (Å²) >= 11 is 0. The molecule has 0 fully saturated rings. The van der Waals surface area contributed by atoms with E-state index in [4.69, 9.17) is 0 Å². The van der Waals surface area contributed by atoms with Crippen LogP contribution in [-0.4, -0.2) is 32.3 Å². The molecule has 0 saturated heterocycles. The minimum Gasteiger partial charge on any atom is -0.267 e. The zero-order valence-electron chi connectivity index (χ0n) is 17.1. The Kier molecular flexibility index (Phi) is 6.25. The van der Waals surface area contributed by atoms with E-state index >= 15 is 0 Å². The number of hydrogen-bond acceptors (Lipinski definition) is 5. The number of carbonyl (C=O) groups is 1. The number of nitrogens with zero attached hydrogens (tertiary/aromatic N) is 5. The van der Waals surface area contributed by atoms with Crippen molar-refractivity contribution in [1.82, 2.24) is 25.6 Å². The number of aromatic nitrogens is 4. The van der Waals surface area contributed by atoms with Crippen molar-refractivity contribution in [2.45, 2.75) is 12.7 Å². The number of amides is 1. The Bertz CT molecular complexity index is 1250. The van der Waals surface area contributed by atoms with Crippen molar-refractivity contribution in [3.8, 4) is 11.4 Å². The lowest BCUT2D eigenvalue weighted by atomic mass is 10.1. The molecule has 1 N–H and O–H groups in total. The maximum atomic E-state index is 12.6. The SMILES string of the molecule is O=C(N/N=C/c1ccc(C(F)(F)F)cc1)c1ccc(Cn2nnc(-c3ccccc3)n2)cc1. The molecule has 33 heavy (non-hydrogen) atoms.